The maximum atomic E-state index is 12.2. The van der Waals surface area contributed by atoms with E-state index in [1.807, 2.05) is 61.5 Å². The van der Waals surface area contributed by atoms with E-state index < -0.39 is 5.97 Å². The summed E-state index contributed by atoms with van der Waals surface area (Å²) < 4.78 is 6.89. The monoisotopic (exact) mass is 353 g/mol. The number of hydrogen-bond acceptors (Lipinski definition) is 5. The Balaban J connectivity index is 2.20. The average Bonchev–Trinajstić information content (AvgIpc) is 2.94. The smallest absolute Gasteiger partial charge is 0.352 e. The van der Waals surface area contributed by atoms with Crippen molar-refractivity contribution in [3.8, 4) is 5.69 Å². The van der Waals surface area contributed by atoms with E-state index in [0.717, 1.165) is 16.9 Å². The lowest BCUT2D eigenvalue weighted by molar-refractivity contribution is 0.0533. The van der Waals surface area contributed by atoms with E-state index in [2.05, 4.69) is 4.99 Å². The molecule has 2 aromatic carbocycles. The van der Waals surface area contributed by atoms with Crippen molar-refractivity contribution in [2.24, 2.45) is 4.99 Å². The molecule has 1 heterocycles. The molecule has 0 saturated carbocycles. The second kappa shape index (κ2) is 7.36. The predicted molar refractivity (Wildman–Crippen MR) is 100 cm³/mol. The molecule has 0 spiro atoms. The molecule has 0 aliphatic heterocycles. The highest BCUT2D eigenvalue weighted by atomic mass is 32.1. The van der Waals surface area contributed by atoms with Crippen LogP contribution in [0.3, 0.4) is 0 Å². The van der Waals surface area contributed by atoms with Gasteiger partial charge in [0.1, 0.15) is 5.82 Å². The standard InChI is InChI=1S/C19H19N3O2S/c1-3-24-18(23)16-17(20)22(15-7-5-4-6-8-15)19(25-16)21-14-11-9-13(2)10-12-14/h4-12H,3,20H2,1-2H3. The highest BCUT2D eigenvalue weighted by Gasteiger charge is 2.19. The number of aromatic nitrogens is 1. The van der Waals surface area contributed by atoms with E-state index in [9.17, 15) is 4.79 Å². The van der Waals surface area contributed by atoms with Gasteiger partial charge in [0.25, 0.3) is 0 Å². The fourth-order valence-electron chi connectivity index (χ4n) is 2.37. The Morgan fingerprint density at radius 3 is 2.48 bits per heavy atom. The van der Waals surface area contributed by atoms with Crippen LogP contribution >= 0.6 is 11.3 Å². The van der Waals surface area contributed by atoms with Gasteiger partial charge in [-0.25, -0.2) is 9.79 Å². The van der Waals surface area contributed by atoms with Gasteiger partial charge in [-0.05, 0) is 38.1 Å². The van der Waals surface area contributed by atoms with Crippen molar-refractivity contribution in [3.63, 3.8) is 0 Å². The van der Waals surface area contributed by atoms with E-state index >= 15 is 0 Å². The summed E-state index contributed by atoms with van der Waals surface area (Å²) in [4.78, 5) is 17.9. The summed E-state index contributed by atoms with van der Waals surface area (Å²) in [5.41, 5.74) is 9.06. The van der Waals surface area contributed by atoms with Crippen molar-refractivity contribution in [2.45, 2.75) is 13.8 Å². The maximum absolute atomic E-state index is 12.2. The van der Waals surface area contributed by atoms with Gasteiger partial charge in [-0.15, -0.1) is 0 Å². The third-order valence-corrected chi connectivity index (χ3v) is 4.63. The number of carbonyl (C=O) groups excluding carboxylic acids is 1. The number of nitrogen functional groups attached to an aromatic ring is 1. The van der Waals surface area contributed by atoms with Crippen LogP contribution in [0.1, 0.15) is 22.2 Å². The van der Waals surface area contributed by atoms with Gasteiger partial charge in [-0.1, -0.05) is 47.2 Å². The van der Waals surface area contributed by atoms with E-state index in [1.165, 1.54) is 11.3 Å². The molecule has 6 heteroatoms. The second-order valence-corrected chi connectivity index (χ2v) is 6.42. The molecule has 1 aromatic heterocycles. The zero-order valence-corrected chi connectivity index (χ0v) is 14.9. The Morgan fingerprint density at radius 1 is 1.16 bits per heavy atom. The van der Waals surface area contributed by atoms with Crippen molar-refractivity contribution in [2.75, 3.05) is 12.3 Å². The van der Waals surface area contributed by atoms with Crippen LogP contribution in [0.4, 0.5) is 11.5 Å². The molecular formula is C19H19N3O2S. The lowest BCUT2D eigenvalue weighted by atomic mass is 10.2. The number of hydrogen-bond donors (Lipinski definition) is 1. The topological polar surface area (TPSA) is 69.6 Å². The van der Waals surface area contributed by atoms with Crippen molar-refractivity contribution >= 4 is 28.8 Å². The first kappa shape index (κ1) is 17.0. The fourth-order valence-corrected chi connectivity index (χ4v) is 3.33. The van der Waals surface area contributed by atoms with Crippen molar-refractivity contribution < 1.29 is 9.53 Å². The first-order valence-corrected chi connectivity index (χ1v) is 8.77. The number of thiazole rings is 1. The van der Waals surface area contributed by atoms with Crippen LogP contribution in [-0.2, 0) is 4.74 Å². The van der Waals surface area contributed by atoms with Crippen molar-refractivity contribution in [3.05, 3.63) is 69.8 Å². The molecule has 3 rings (SSSR count). The van der Waals surface area contributed by atoms with Crippen LogP contribution in [0, 0.1) is 6.92 Å². The molecule has 0 radical (unpaired) electrons. The summed E-state index contributed by atoms with van der Waals surface area (Å²) in [5.74, 6) is -0.0967. The van der Waals surface area contributed by atoms with Gasteiger partial charge >= 0.3 is 5.97 Å². The predicted octanol–water partition coefficient (Wildman–Crippen LogP) is 3.84. The van der Waals surface area contributed by atoms with Crippen LogP contribution in [0.5, 0.6) is 0 Å². The van der Waals surface area contributed by atoms with Gasteiger partial charge in [0.2, 0.25) is 0 Å². The number of nitrogens with zero attached hydrogens (tertiary/aromatic N) is 2. The highest BCUT2D eigenvalue weighted by molar-refractivity contribution is 7.11. The Bertz CT molecular complexity index is 941. The molecule has 0 bridgehead atoms. The summed E-state index contributed by atoms with van der Waals surface area (Å²) in [6, 6.07) is 17.5. The van der Waals surface area contributed by atoms with Crippen LogP contribution in [0.15, 0.2) is 59.6 Å². The Hall–Kier alpha value is -2.86. The maximum Gasteiger partial charge on any atom is 0.352 e. The minimum Gasteiger partial charge on any atom is -0.462 e. The molecule has 0 amide bonds. The highest BCUT2D eigenvalue weighted by Crippen LogP contribution is 2.22. The zero-order valence-electron chi connectivity index (χ0n) is 14.1. The van der Waals surface area contributed by atoms with Crippen LogP contribution in [-0.4, -0.2) is 17.1 Å². The summed E-state index contributed by atoms with van der Waals surface area (Å²) in [5, 5.41) is 0. The normalized spacial score (nSPS) is 11.5. The number of esters is 1. The number of ether oxygens (including phenoxy) is 1. The number of benzene rings is 2. The van der Waals surface area contributed by atoms with Gasteiger partial charge in [0.05, 0.1) is 12.3 Å². The molecule has 128 valence electrons. The lowest BCUT2D eigenvalue weighted by Gasteiger charge is -2.06. The third kappa shape index (κ3) is 3.64. The van der Waals surface area contributed by atoms with Gasteiger partial charge < -0.3 is 10.5 Å². The molecule has 0 unspecified atom stereocenters. The lowest BCUT2D eigenvalue weighted by Crippen LogP contribution is -2.15. The Labute approximate surface area is 150 Å². The summed E-state index contributed by atoms with van der Waals surface area (Å²) >= 11 is 1.22. The molecule has 0 saturated heterocycles. The molecular weight excluding hydrogens is 334 g/mol. The van der Waals surface area contributed by atoms with Gasteiger partial charge in [0, 0.05) is 5.69 Å². The number of anilines is 1. The molecule has 5 nitrogen and oxygen atoms in total. The van der Waals surface area contributed by atoms with Crippen LogP contribution in [0.2, 0.25) is 0 Å². The molecule has 0 fully saturated rings. The van der Waals surface area contributed by atoms with Gasteiger partial charge in [-0.3, -0.25) is 4.57 Å². The number of para-hydroxylation sites is 1. The molecule has 2 N–H and O–H groups in total. The molecule has 0 atom stereocenters. The number of rotatable bonds is 4. The molecule has 3 aromatic rings. The third-order valence-electron chi connectivity index (χ3n) is 3.59. The fraction of sp³-hybridized carbons (Fsp3) is 0.158. The molecule has 0 aliphatic carbocycles. The Morgan fingerprint density at radius 2 is 1.84 bits per heavy atom. The van der Waals surface area contributed by atoms with E-state index in [0.29, 0.717) is 22.1 Å². The van der Waals surface area contributed by atoms with E-state index in [4.69, 9.17) is 10.5 Å². The molecule has 25 heavy (non-hydrogen) atoms. The van der Waals surface area contributed by atoms with Gasteiger partial charge in [0.15, 0.2) is 9.68 Å². The summed E-state index contributed by atoms with van der Waals surface area (Å²) in [7, 11) is 0. The van der Waals surface area contributed by atoms with Gasteiger partial charge in [-0.2, -0.15) is 0 Å². The van der Waals surface area contributed by atoms with Crippen molar-refractivity contribution in [1.82, 2.24) is 4.57 Å². The van der Waals surface area contributed by atoms with E-state index in [1.54, 1.807) is 11.5 Å². The molecule has 0 aliphatic rings. The second-order valence-electron chi connectivity index (χ2n) is 5.44. The quantitative estimate of drug-likeness (QED) is 0.725. The SMILES string of the molecule is CCOC(=O)c1sc(=Nc2ccc(C)cc2)n(-c2ccccc2)c1N. The van der Waals surface area contributed by atoms with Crippen molar-refractivity contribution in [1.29, 1.82) is 0 Å². The number of nitrogens with two attached hydrogens (primary N) is 1. The van der Waals surface area contributed by atoms with E-state index in [-0.39, 0.29) is 0 Å². The first-order chi connectivity index (χ1) is 12.1. The summed E-state index contributed by atoms with van der Waals surface area (Å²) in [6.07, 6.45) is 0. The first-order valence-electron chi connectivity index (χ1n) is 7.95. The van der Waals surface area contributed by atoms with Crippen LogP contribution < -0.4 is 10.5 Å². The zero-order chi connectivity index (χ0) is 17.8. The number of carbonyl (C=O) groups is 1. The number of aryl methyl sites for hydroxylation is 1. The Kier molecular flexibility index (Phi) is 5.00. The minimum atomic E-state index is -0.431. The summed E-state index contributed by atoms with van der Waals surface area (Å²) in [6.45, 7) is 4.09. The van der Waals surface area contributed by atoms with Crippen LogP contribution in [0.25, 0.3) is 5.69 Å². The minimum absolute atomic E-state index is 0.298. The average molecular weight is 353 g/mol. The largest absolute Gasteiger partial charge is 0.462 e.